The molecule has 0 aliphatic heterocycles. The summed E-state index contributed by atoms with van der Waals surface area (Å²) in [5, 5.41) is 0. The van der Waals surface area contributed by atoms with Gasteiger partial charge in [0, 0.05) is 24.9 Å². The van der Waals surface area contributed by atoms with Crippen molar-refractivity contribution in [3.8, 4) is 11.6 Å². The third-order valence-corrected chi connectivity index (χ3v) is 5.03. The van der Waals surface area contributed by atoms with Crippen LogP contribution in [0.2, 0.25) is 0 Å². The van der Waals surface area contributed by atoms with Gasteiger partial charge in [-0.3, -0.25) is 9.59 Å². The summed E-state index contributed by atoms with van der Waals surface area (Å²) in [6.45, 7) is 5.84. The number of nitrogens with zero attached hydrogens (tertiary/aromatic N) is 3. The lowest BCUT2D eigenvalue weighted by Gasteiger charge is -2.31. The van der Waals surface area contributed by atoms with Gasteiger partial charge in [-0.2, -0.15) is 13.2 Å². The van der Waals surface area contributed by atoms with Crippen molar-refractivity contribution < 1.29 is 18.0 Å². The molecule has 1 aromatic carbocycles. The lowest BCUT2D eigenvalue weighted by molar-refractivity contribution is -0.127. The fourth-order valence-electron chi connectivity index (χ4n) is 3.44. The Bertz CT molecular complexity index is 1130. The minimum Gasteiger partial charge on any atom is -0.304 e. The number of Topliss-reactive ketones (excluding diaryl/α,β-unsaturated/α-hetero) is 1. The van der Waals surface area contributed by atoms with Crippen LogP contribution < -0.4 is 5.56 Å². The van der Waals surface area contributed by atoms with E-state index in [2.05, 4.69) is 19.9 Å². The maximum atomic E-state index is 13.1. The molecule has 3 rings (SSSR count). The van der Waals surface area contributed by atoms with E-state index >= 15 is 0 Å². The lowest BCUT2D eigenvalue weighted by atomic mass is 9.73. The maximum Gasteiger partial charge on any atom is 0.393 e. The SMILES string of the molecule is CC(C)(C)[C@@H](CC(=O)c1cc(=O)[nH]c(-c2ncccn2)n1)c1ccc(CC(F)(F)F)cc1. The molecule has 3 aromatic rings. The van der Waals surface area contributed by atoms with E-state index in [1.165, 1.54) is 24.5 Å². The lowest BCUT2D eigenvalue weighted by Crippen LogP contribution is -2.23. The molecular formula is C23H23F3N4O2. The van der Waals surface area contributed by atoms with Gasteiger partial charge < -0.3 is 4.98 Å². The number of carbonyl (C=O) groups is 1. The number of nitrogens with one attached hydrogen (secondary N) is 1. The zero-order chi connectivity index (χ0) is 23.5. The Morgan fingerprint density at radius 3 is 2.25 bits per heavy atom. The number of hydrogen-bond acceptors (Lipinski definition) is 5. The number of aromatic nitrogens is 4. The van der Waals surface area contributed by atoms with Crippen molar-refractivity contribution in [2.45, 2.75) is 45.7 Å². The standard InChI is InChI=1S/C23H23F3N4O2/c1-22(2,3)16(15-7-5-14(6-8-15)13-23(24,25)26)11-18(31)17-12-19(32)30-21(29-17)20-27-9-4-10-28-20/h4-10,12,16H,11,13H2,1-3H3,(H,29,30,32)/t16-/m0/s1. The Morgan fingerprint density at radius 2 is 1.69 bits per heavy atom. The Balaban J connectivity index is 1.88. The summed E-state index contributed by atoms with van der Waals surface area (Å²) in [6, 6.07) is 8.85. The molecule has 0 saturated heterocycles. The summed E-state index contributed by atoms with van der Waals surface area (Å²) < 4.78 is 37.9. The van der Waals surface area contributed by atoms with Crippen molar-refractivity contribution in [2.75, 3.05) is 0 Å². The second-order valence-corrected chi connectivity index (χ2v) is 8.63. The van der Waals surface area contributed by atoms with E-state index in [1.54, 1.807) is 18.2 Å². The highest BCUT2D eigenvalue weighted by atomic mass is 19.4. The molecule has 0 saturated carbocycles. The molecule has 0 radical (unpaired) electrons. The predicted molar refractivity (Wildman–Crippen MR) is 113 cm³/mol. The average Bonchev–Trinajstić information content (AvgIpc) is 2.71. The Kier molecular flexibility index (Phi) is 6.57. The van der Waals surface area contributed by atoms with Crippen LogP contribution in [0.4, 0.5) is 13.2 Å². The smallest absolute Gasteiger partial charge is 0.304 e. The number of carbonyl (C=O) groups excluding carboxylic acids is 1. The van der Waals surface area contributed by atoms with Gasteiger partial charge >= 0.3 is 6.18 Å². The zero-order valence-electron chi connectivity index (χ0n) is 17.9. The monoisotopic (exact) mass is 444 g/mol. The van der Waals surface area contributed by atoms with Crippen molar-refractivity contribution in [1.29, 1.82) is 0 Å². The number of hydrogen-bond donors (Lipinski definition) is 1. The van der Waals surface area contributed by atoms with E-state index in [9.17, 15) is 22.8 Å². The predicted octanol–water partition coefficient (Wildman–Crippen LogP) is 4.73. The normalized spacial score (nSPS) is 13.1. The Morgan fingerprint density at radius 1 is 1.06 bits per heavy atom. The van der Waals surface area contributed by atoms with Crippen LogP contribution in [0.25, 0.3) is 11.6 Å². The van der Waals surface area contributed by atoms with E-state index in [0.717, 1.165) is 11.6 Å². The number of ketones is 1. The average molecular weight is 444 g/mol. The molecule has 1 N–H and O–H groups in total. The van der Waals surface area contributed by atoms with Crippen LogP contribution in [0.3, 0.4) is 0 Å². The summed E-state index contributed by atoms with van der Waals surface area (Å²) in [4.78, 5) is 40.0. The van der Waals surface area contributed by atoms with Gasteiger partial charge in [-0.05, 0) is 28.5 Å². The van der Waals surface area contributed by atoms with Crippen molar-refractivity contribution in [3.05, 3.63) is 76.0 Å². The number of aromatic amines is 1. The molecule has 1 atom stereocenters. The minimum atomic E-state index is -4.28. The van der Waals surface area contributed by atoms with Gasteiger partial charge in [0.25, 0.3) is 5.56 Å². The van der Waals surface area contributed by atoms with E-state index in [0.29, 0.717) is 0 Å². The van der Waals surface area contributed by atoms with Crippen molar-refractivity contribution >= 4 is 5.78 Å². The molecule has 2 aromatic heterocycles. The Labute approximate surface area is 183 Å². The van der Waals surface area contributed by atoms with Gasteiger partial charge in [-0.25, -0.2) is 15.0 Å². The molecule has 0 fully saturated rings. The summed E-state index contributed by atoms with van der Waals surface area (Å²) >= 11 is 0. The summed E-state index contributed by atoms with van der Waals surface area (Å²) in [5.41, 5.74) is 0.0133. The van der Waals surface area contributed by atoms with Crippen LogP contribution in [-0.4, -0.2) is 31.9 Å². The highest BCUT2D eigenvalue weighted by Gasteiger charge is 2.31. The van der Waals surface area contributed by atoms with Gasteiger partial charge in [0.2, 0.25) is 0 Å². The van der Waals surface area contributed by atoms with Crippen molar-refractivity contribution in [3.63, 3.8) is 0 Å². The largest absolute Gasteiger partial charge is 0.393 e. The van der Waals surface area contributed by atoms with E-state index in [1.807, 2.05) is 20.8 Å². The number of alkyl halides is 3. The number of H-pyrrole nitrogens is 1. The summed E-state index contributed by atoms with van der Waals surface area (Å²) in [5.74, 6) is -0.378. The topological polar surface area (TPSA) is 88.6 Å². The number of rotatable bonds is 6. The van der Waals surface area contributed by atoms with Crippen LogP contribution in [0.15, 0.2) is 53.6 Å². The molecule has 0 bridgehead atoms. The quantitative estimate of drug-likeness (QED) is 0.555. The highest BCUT2D eigenvalue weighted by molar-refractivity contribution is 5.95. The van der Waals surface area contributed by atoms with Gasteiger partial charge in [0.1, 0.15) is 5.69 Å². The second-order valence-electron chi connectivity index (χ2n) is 8.63. The maximum absolute atomic E-state index is 13.1. The van der Waals surface area contributed by atoms with E-state index < -0.39 is 18.2 Å². The molecular weight excluding hydrogens is 421 g/mol. The number of benzene rings is 1. The Hall–Kier alpha value is -3.36. The molecule has 2 heterocycles. The first-order chi connectivity index (χ1) is 14.9. The third-order valence-electron chi connectivity index (χ3n) is 5.03. The van der Waals surface area contributed by atoms with Crippen molar-refractivity contribution in [2.24, 2.45) is 5.41 Å². The van der Waals surface area contributed by atoms with Crippen LogP contribution in [-0.2, 0) is 6.42 Å². The first kappa shape index (κ1) is 23.3. The summed E-state index contributed by atoms with van der Waals surface area (Å²) in [6.07, 6.45) is -2.27. The molecule has 0 unspecified atom stereocenters. The fourth-order valence-corrected chi connectivity index (χ4v) is 3.44. The third kappa shape index (κ3) is 6.09. The van der Waals surface area contributed by atoms with Crippen LogP contribution in [0, 0.1) is 5.41 Å². The van der Waals surface area contributed by atoms with Crippen molar-refractivity contribution in [1.82, 2.24) is 19.9 Å². The fraction of sp³-hybridized carbons (Fsp3) is 0.348. The first-order valence-corrected chi connectivity index (χ1v) is 10.00. The van der Waals surface area contributed by atoms with Crippen LogP contribution >= 0.6 is 0 Å². The summed E-state index contributed by atoms with van der Waals surface area (Å²) in [7, 11) is 0. The number of halogens is 3. The molecule has 0 aliphatic carbocycles. The molecule has 6 nitrogen and oxygen atoms in total. The first-order valence-electron chi connectivity index (χ1n) is 10.00. The van der Waals surface area contributed by atoms with E-state index in [-0.39, 0.29) is 46.4 Å². The molecule has 0 amide bonds. The minimum absolute atomic E-state index is 0.0147. The van der Waals surface area contributed by atoms with Gasteiger partial charge in [0.15, 0.2) is 17.4 Å². The molecule has 0 aliphatic rings. The van der Waals surface area contributed by atoms with Crippen LogP contribution in [0.1, 0.15) is 54.7 Å². The highest BCUT2D eigenvalue weighted by Crippen LogP contribution is 2.38. The molecule has 32 heavy (non-hydrogen) atoms. The molecule has 168 valence electrons. The van der Waals surface area contributed by atoms with Gasteiger partial charge in [-0.1, -0.05) is 45.0 Å². The van der Waals surface area contributed by atoms with Crippen LogP contribution in [0.5, 0.6) is 0 Å². The van der Waals surface area contributed by atoms with E-state index in [4.69, 9.17) is 0 Å². The molecule has 9 heteroatoms. The second kappa shape index (κ2) is 9.02. The zero-order valence-corrected chi connectivity index (χ0v) is 17.9. The van der Waals surface area contributed by atoms with Gasteiger partial charge in [0.05, 0.1) is 6.42 Å². The molecule has 0 spiro atoms. The van der Waals surface area contributed by atoms with Gasteiger partial charge in [-0.15, -0.1) is 0 Å².